The number of carbonyl (C=O) groups excluding carboxylic acids is 1. The minimum Gasteiger partial charge on any atom is -0.341 e. The molecule has 100 valence electrons. The maximum atomic E-state index is 13.0. The summed E-state index contributed by atoms with van der Waals surface area (Å²) in [6, 6.07) is 13.1. The van der Waals surface area contributed by atoms with Gasteiger partial charge in [-0.1, -0.05) is 0 Å². The van der Waals surface area contributed by atoms with Crippen LogP contribution in [0.15, 0.2) is 42.5 Å². The molecule has 0 saturated carbocycles. The normalized spacial score (nSPS) is 9.85. The Morgan fingerprint density at radius 2 is 1.95 bits per heavy atom. The van der Waals surface area contributed by atoms with Gasteiger partial charge in [-0.3, -0.25) is 4.79 Å². The molecule has 0 aliphatic carbocycles. The van der Waals surface area contributed by atoms with Gasteiger partial charge < -0.3 is 4.90 Å². The number of nitriles is 1. The SMILES string of the molecule is CCN(c1ccc(F)cc1)c1ccc(C=O)cc1C#N. The van der Waals surface area contributed by atoms with Crippen LogP contribution in [-0.4, -0.2) is 12.8 Å². The van der Waals surface area contributed by atoms with Crippen molar-refractivity contribution in [3.8, 4) is 6.07 Å². The zero-order chi connectivity index (χ0) is 14.5. The molecule has 0 saturated heterocycles. The first kappa shape index (κ1) is 13.8. The van der Waals surface area contributed by atoms with Crippen LogP contribution in [0.1, 0.15) is 22.8 Å². The first-order chi connectivity index (χ1) is 9.69. The standard InChI is InChI=1S/C16H13FN2O/c1-2-19(15-6-4-14(17)5-7-15)16-8-3-12(11-20)9-13(16)10-18/h3-9,11H,2H2,1H3. The van der Waals surface area contributed by atoms with Crippen molar-refractivity contribution in [1.29, 1.82) is 5.26 Å². The summed E-state index contributed by atoms with van der Waals surface area (Å²) in [6.07, 6.45) is 0.707. The Hall–Kier alpha value is -2.67. The molecule has 20 heavy (non-hydrogen) atoms. The molecule has 2 rings (SSSR count). The van der Waals surface area contributed by atoms with E-state index >= 15 is 0 Å². The molecule has 0 atom stereocenters. The molecule has 0 aliphatic rings. The van der Waals surface area contributed by atoms with Gasteiger partial charge in [-0.15, -0.1) is 0 Å². The number of halogens is 1. The third kappa shape index (κ3) is 2.67. The minimum atomic E-state index is -0.304. The van der Waals surface area contributed by atoms with Crippen LogP contribution >= 0.6 is 0 Å². The molecule has 0 bridgehead atoms. The lowest BCUT2D eigenvalue weighted by Gasteiger charge is -2.24. The van der Waals surface area contributed by atoms with E-state index in [9.17, 15) is 14.4 Å². The second-order valence-corrected chi connectivity index (χ2v) is 4.23. The molecule has 2 aromatic carbocycles. The van der Waals surface area contributed by atoms with E-state index in [1.807, 2.05) is 11.8 Å². The minimum absolute atomic E-state index is 0.304. The Balaban J connectivity index is 2.49. The largest absolute Gasteiger partial charge is 0.341 e. The Labute approximate surface area is 116 Å². The van der Waals surface area contributed by atoms with Gasteiger partial charge in [0, 0.05) is 17.8 Å². The predicted molar refractivity (Wildman–Crippen MR) is 75.6 cm³/mol. The summed E-state index contributed by atoms with van der Waals surface area (Å²) in [4.78, 5) is 12.7. The highest BCUT2D eigenvalue weighted by Crippen LogP contribution is 2.28. The summed E-state index contributed by atoms with van der Waals surface area (Å²) in [5, 5.41) is 9.22. The Morgan fingerprint density at radius 1 is 1.25 bits per heavy atom. The highest BCUT2D eigenvalue weighted by Gasteiger charge is 2.12. The van der Waals surface area contributed by atoms with Crippen molar-refractivity contribution < 1.29 is 9.18 Å². The number of benzene rings is 2. The maximum absolute atomic E-state index is 13.0. The summed E-state index contributed by atoms with van der Waals surface area (Å²) in [5.74, 6) is -0.304. The van der Waals surface area contributed by atoms with Gasteiger partial charge in [0.15, 0.2) is 0 Å². The van der Waals surface area contributed by atoms with E-state index in [2.05, 4.69) is 6.07 Å². The topological polar surface area (TPSA) is 44.1 Å². The molecule has 4 heteroatoms. The van der Waals surface area contributed by atoms with Gasteiger partial charge in [0.2, 0.25) is 0 Å². The molecule has 0 fully saturated rings. The summed E-state index contributed by atoms with van der Waals surface area (Å²) in [7, 11) is 0. The molecule has 0 spiro atoms. The number of nitrogens with zero attached hydrogens (tertiary/aromatic N) is 2. The molecular formula is C16H13FN2O. The van der Waals surface area contributed by atoms with Gasteiger partial charge in [-0.2, -0.15) is 5.26 Å². The van der Waals surface area contributed by atoms with Crippen molar-refractivity contribution in [2.45, 2.75) is 6.92 Å². The number of aldehydes is 1. The Kier molecular flexibility index (Phi) is 4.11. The number of carbonyl (C=O) groups is 1. The van der Waals surface area contributed by atoms with Crippen molar-refractivity contribution >= 4 is 17.7 Å². The maximum Gasteiger partial charge on any atom is 0.150 e. The summed E-state index contributed by atoms with van der Waals surface area (Å²) >= 11 is 0. The number of anilines is 2. The summed E-state index contributed by atoms with van der Waals surface area (Å²) in [5.41, 5.74) is 2.37. The number of hydrogen-bond acceptors (Lipinski definition) is 3. The van der Waals surface area contributed by atoms with Gasteiger partial charge in [-0.05, 0) is 49.4 Å². The zero-order valence-electron chi connectivity index (χ0n) is 11.0. The fourth-order valence-electron chi connectivity index (χ4n) is 2.06. The molecule has 3 nitrogen and oxygen atoms in total. The van der Waals surface area contributed by atoms with Crippen LogP contribution in [0.25, 0.3) is 0 Å². The average Bonchev–Trinajstić information content (AvgIpc) is 2.50. The molecule has 0 unspecified atom stereocenters. The van der Waals surface area contributed by atoms with E-state index in [1.165, 1.54) is 12.1 Å². The Bertz CT molecular complexity index is 659. The zero-order valence-corrected chi connectivity index (χ0v) is 11.0. The van der Waals surface area contributed by atoms with Gasteiger partial charge in [0.1, 0.15) is 18.2 Å². The van der Waals surface area contributed by atoms with Gasteiger partial charge in [0.05, 0.1) is 11.3 Å². The van der Waals surface area contributed by atoms with Gasteiger partial charge in [-0.25, -0.2) is 4.39 Å². The van der Waals surface area contributed by atoms with Crippen molar-refractivity contribution in [1.82, 2.24) is 0 Å². The summed E-state index contributed by atoms with van der Waals surface area (Å²) in [6.45, 7) is 2.57. The molecule has 0 aromatic heterocycles. The van der Waals surface area contributed by atoms with Crippen LogP contribution in [0.4, 0.5) is 15.8 Å². The van der Waals surface area contributed by atoms with Crippen molar-refractivity contribution in [2.24, 2.45) is 0 Å². The van der Waals surface area contributed by atoms with Gasteiger partial charge in [0.25, 0.3) is 0 Å². The van der Waals surface area contributed by atoms with E-state index in [0.29, 0.717) is 29.6 Å². The van der Waals surface area contributed by atoms with E-state index in [-0.39, 0.29) is 5.82 Å². The fourth-order valence-corrected chi connectivity index (χ4v) is 2.06. The van der Waals surface area contributed by atoms with Crippen LogP contribution in [0.5, 0.6) is 0 Å². The van der Waals surface area contributed by atoms with Crippen LogP contribution in [0.2, 0.25) is 0 Å². The number of rotatable bonds is 4. The monoisotopic (exact) mass is 268 g/mol. The van der Waals surface area contributed by atoms with Crippen molar-refractivity contribution in [3.05, 3.63) is 59.4 Å². The van der Waals surface area contributed by atoms with E-state index in [0.717, 1.165) is 5.69 Å². The third-order valence-electron chi connectivity index (χ3n) is 3.02. The third-order valence-corrected chi connectivity index (χ3v) is 3.02. The fraction of sp³-hybridized carbons (Fsp3) is 0.125. The Morgan fingerprint density at radius 3 is 2.50 bits per heavy atom. The van der Waals surface area contributed by atoms with Crippen LogP contribution in [0, 0.1) is 17.1 Å². The molecule has 0 amide bonds. The second-order valence-electron chi connectivity index (χ2n) is 4.23. The smallest absolute Gasteiger partial charge is 0.150 e. The first-order valence-electron chi connectivity index (χ1n) is 6.22. The molecule has 0 heterocycles. The molecule has 0 radical (unpaired) electrons. The highest BCUT2D eigenvalue weighted by atomic mass is 19.1. The average molecular weight is 268 g/mol. The van der Waals surface area contributed by atoms with Crippen molar-refractivity contribution in [3.63, 3.8) is 0 Å². The molecule has 2 aromatic rings. The first-order valence-corrected chi connectivity index (χ1v) is 6.22. The molecule has 0 N–H and O–H groups in total. The van der Waals surface area contributed by atoms with Crippen molar-refractivity contribution in [2.75, 3.05) is 11.4 Å². The predicted octanol–water partition coefficient (Wildman–Crippen LogP) is 3.67. The summed E-state index contributed by atoms with van der Waals surface area (Å²) < 4.78 is 13.0. The van der Waals surface area contributed by atoms with Crippen LogP contribution in [-0.2, 0) is 0 Å². The molecular weight excluding hydrogens is 255 g/mol. The lowest BCUT2D eigenvalue weighted by molar-refractivity contribution is 0.112. The van der Waals surface area contributed by atoms with E-state index in [4.69, 9.17) is 0 Å². The highest BCUT2D eigenvalue weighted by molar-refractivity contribution is 5.79. The van der Waals surface area contributed by atoms with E-state index < -0.39 is 0 Å². The lowest BCUT2D eigenvalue weighted by Crippen LogP contribution is -2.17. The second kappa shape index (κ2) is 5.98. The van der Waals surface area contributed by atoms with Gasteiger partial charge >= 0.3 is 0 Å². The number of hydrogen-bond donors (Lipinski definition) is 0. The van der Waals surface area contributed by atoms with E-state index in [1.54, 1.807) is 30.3 Å². The molecule has 0 aliphatic heterocycles. The van der Waals surface area contributed by atoms with Crippen LogP contribution in [0.3, 0.4) is 0 Å². The quantitative estimate of drug-likeness (QED) is 0.795. The lowest BCUT2D eigenvalue weighted by atomic mass is 10.1. The van der Waals surface area contributed by atoms with Crippen LogP contribution < -0.4 is 4.90 Å².